The van der Waals surface area contributed by atoms with E-state index in [9.17, 15) is 9.59 Å². The van der Waals surface area contributed by atoms with Crippen molar-refractivity contribution >= 4 is 61.2 Å². The summed E-state index contributed by atoms with van der Waals surface area (Å²) in [6, 6.07) is 35.2. The van der Waals surface area contributed by atoms with Gasteiger partial charge in [-0.3, -0.25) is 9.59 Å². The van der Waals surface area contributed by atoms with Crippen LogP contribution in [0.1, 0.15) is 20.7 Å². The summed E-state index contributed by atoms with van der Waals surface area (Å²) in [5.41, 5.74) is 6.16. The fourth-order valence-electron chi connectivity index (χ4n) is 5.64. The average Bonchev–Trinajstić information content (AvgIpc) is 3.55. The molecule has 0 spiro atoms. The maximum atomic E-state index is 13.0. The van der Waals surface area contributed by atoms with Gasteiger partial charge < -0.3 is 8.98 Å². The van der Waals surface area contributed by atoms with Gasteiger partial charge in [0.1, 0.15) is 11.2 Å². The van der Waals surface area contributed by atoms with Crippen LogP contribution in [0.15, 0.2) is 114 Å². The Labute approximate surface area is 210 Å². The molecular formula is C32H18N2O3. The van der Waals surface area contributed by atoms with Crippen LogP contribution in [0.25, 0.3) is 49.4 Å². The third kappa shape index (κ3) is 2.68. The first-order valence-electron chi connectivity index (χ1n) is 12.1. The van der Waals surface area contributed by atoms with Crippen molar-refractivity contribution in [3.8, 4) is 5.69 Å². The van der Waals surface area contributed by atoms with E-state index < -0.39 is 0 Å². The van der Waals surface area contributed by atoms with Gasteiger partial charge in [-0.2, -0.15) is 0 Å². The van der Waals surface area contributed by atoms with Gasteiger partial charge in [0, 0.05) is 33.3 Å². The van der Waals surface area contributed by atoms with Gasteiger partial charge in [-0.25, -0.2) is 4.90 Å². The lowest BCUT2D eigenvalue weighted by atomic mass is 10.1. The zero-order valence-electron chi connectivity index (χ0n) is 19.5. The molecule has 0 aliphatic carbocycles. The Morgan fingerprint density at radius 1 is 0.486 bits per heavy atom. The summed E-state index contributed by atoms with van der Waals surface area (Å²) >= 11 is 0. The number of anilines is 1. The maximum absolute atomic E-state index is 13.0. The molecule has 3 heterocycles. The molecule has 174 valence electrons. The van der Waals surface area contributed by atoms with E-state index in [2.05, 4.69) is 41.0 Å². The quantitative estimate of drug-likeness (QED) is 0.242. The molecule has 2 amide bonds. The largest absolute Gasteiger partial charge is 0.456 e. The van der Waals surface area contributed by atoms with E-state index in [0.717, 1.165) is 49.4 Å². The zero-order valence-corrected chi connectivity index (χ0v) is 19.5. The minimum Gasteiger partial charge on any atom is -0.456 e. The van der Waals surface area contributed by atoms with Gasteiger partial charge in [0.15, 0.2) is 0 Å². The number of imide groups is 1. The fraction of sp³-hybridized carbons (Fsp3) is 0. The van der Waals surface area contributed by atoms with Gasteiger partial charge in [0.25, 0.3) is 11.8 Å². The summed E-state index contributed by atoms with van der Waals surface area (Å²) in [6.07, 6.45) is 0. The van der Waals surface area contributed by atoms with Gasteiger partial charge in [0.2, 0.25) is 0 Å². The van der Waals surface area contributed by atoms with Crippen LogP contribution in [0, 0.1) is 0 Å². The molecule has 0 saturated heterocycles. The van der Waals surface area contributed by atoms with Crippen LogP contribution in [0.2, 0.25) is 0 Å². The zero-order chi connectivity index (χ0) is 24.7. The van der Waals surface area contributed by atoms with Crippen LogP contribution >= 0.6 is 0 Å². The number of rotatable bonds is 2. The second-order valence-electron chi connectivity index (χ2n) is 9.32. The Hall–Kier alpha value is -5.16. The van der Waals surface area contributed by atoms with E-state index >= 15 is 0 Å². The van der Waals surface area contributed by atoms with E-state index in [0.29, 0.717) is 16.8 Å². The molecule has 5 nitrogen and oxygen atoms in total. The Morgan fingerprint density at radius 3 is 1.86 bits per heavy atom. The van der Waals surface area contributed by atoms with E-state index in [1.54, 1.807) is 24.3 Å². The fourth-order valence-corrected chi connectivity index (χ4v) is 5.64. The van der Waals surface area contributed by atoms with E-state index in [-0.39, 0.29) is 11.8 Å². The minimum atomic E-state index is -0.294. The average molecular weight is 479 g/mol. The summed E-state index contributed by atoms with van der Waals surface area (Å²) in [4.78, 5) is 27.2. The van der Waals surface area contributed by atoms with Crippen molar-refractivity contribution in [3.05, 3.63) is 120 Å². The molecule has 1 aliphatic rings. The number of para-hydroxylation sites is 2. The predicted octanol–water partition coefficient (Wildman–Crippen LogP) is 7.48. The first-order valence-corrected chi connectivity index (χ1v) is 12.1. The summed E-state index contributed by atoms with van der Waals surface area (Å²) < 4.78 is 8.39. The summed E-state index contributed by atoms with van der Waals surface area (Å²) in [7, 11) is 0. The molecule has 2 aromatic heterocycles. The van der Waals surface area contributed by atoms with Crippen LogP contribution < -0.4 is 4.90 Å². The van der Waals surface area contributed by atoms with Crippen molar-refractivity contribution in [2.75, 3.05) is 4.90 Å². The third-order valence-corrected chi connectivity index (χ3v) is 7.33. The van der Waals surface area contributed by atoms with E-state index in [1.165, 1.54) is 4.90 Å². The number of benzene rings is 5. The summed E-state index contributed by atoms with van der Waals surface area (Å²) in [5, 5.41) is 4.47. The molecule has 1 aliphatic heterocycles. The van der Waals surface area contributed by atoms with Crippen LogP contribution in [0.3, 0.4) is 0 Å². The maximum Gasteiger partial charge on any atom is 0.266 e. The molecule has 0 unspecified atom stereocenters. The van der Waals surface area contributed by atoms with Crippen LogP contribution in [-0.2, 0) is 0 Å². The molecule has 0 fully saturated rings. The highest BCUT2D eigenvalue weighted by Crippen LogP contribution is 2.38. The Morgan fingerprint density at radius 2 is 1.11 bits per heavy atom. The molecule has 8 rings (SSSR count). The van der Waals surface area contributed by atoms with Crippen LogP contribution in [-0.4, -0.2) is 16.4 Å². The Balaban J connectivity index is 1.31. The van der Waals surface area contributed by atoms with Gasteiger partial charge >= 0.3 is 0 Å². The van der Waals surface area contributed by atoms with Gasteiger partial charge in [-0.15, -0.1) is 0 Å². The van der Waals surface area contributed by atoms with Crippen molar-refractivity contribution in [1.82, 2.24) is 4.57 Å². The van der Waals surface area contributed by atoms with Crippen molar-refractivity contribution in [3.63, 3.8) is 0 Å². The second kappa shape index (κ2) is 7.18. The van der Waals surface area contributed by atoms with Crippen molar-refractivity contribution in [2.45, 2.75) is 0 Å². The van der Waals surface area contributed by atoms with Crippen LogP contribution in [0.5, 0.6) is 0 Å². The van der Waals surface area contributed by atoms with Crippen molar-refractivity contribution in [1.29, 1.82) is 0 Å². The molecule has 0 N–H and O–H groups in total. The molecule has 0 saturated carbocycles. The lowest BCUT2D eigenvalue weighted by molar-refractivity contribution is 0.0926. The number of nitrogens with zero attached hydrogens (tertiary/aromatic N) is 2. The highest BCUT2D eigenvalue weighted by Gasteiger charge is 2.36. The monoisotopic (exact) mass is 478 g/mol. The van der Waals surface area contributed by atoms with Crippen molar-refractivity contribution < 1.29 is 14.0 Å². The molecule has 7 aromatic rings. The highest BCUT2D eigenvalue weighted by atomic mass is 16.3. The molecular weight excluding hydrogens is 460 g/mol. The number of hydrogen-bond donors (Lipinski definition) is 0. The SMILES string of the molecule is O=C1c2ccccc2C(=O)N1c1ccc(-n2c3ccccc3c3cc4c(cc32)oc2ccccc24)cc1. The van der Waals surface area contributed by atoms with E-state index in [1.807, 2.05) is 48.5 Å². The Bertz CT molecular complexity index is 2040. The van der Waals surface area contributed by atoms with Gasteiger partial charge in [-0.05, 0) is 54.6 Å². The number of fused-ring (bicyclic) bond motifs is 7. The van der Waals surface area contributed by atoms with E-state index in [4.69, 9.17) is 4.42 Å². The molecule has 0 bridgehead atoms. The highest BCUT2D eigenvalue weighted by molar-refractivity contribution is 6.34. The number of carbonyl (C=O) groups excluding carboxylic acids is 2. The third-order valence-electron chi connectivity index (χ3n) is 7.33. The molecule has 0 radical (unpaired) electrons. The molecule has 37 heavy (non-hydrogen) atoms. The number of carbonyl (C=O) groups is 2. The summed E-state index contributed by atoms with van der Waals surface area (Å²) in [5.74, 6) is -0.588. The first kappa shape index (κ1) is 20.1. The Kier molecular flexibility index (Phi) is 3.90. The first-order chi connectivity index (χ1) is 18.2. The van der Waals surface area contributed by atoms with Gasteiger partial charge in [0.05, 0.1) is 27.8 Å². The topological polar surface area (TPSA) is 55.5 Å². The van der Waals surface area contributed by atoms with Gasteiger partial charge in [-0.1, -0.05) is 48.5 Å². The summed E-state index contributed by atoms with van der Waals surface area (Å²) in [6.45, 7) is 0. The predicted molar refractivity (Wildman–Crippen MR) is 146 cm³/mol. The van der Waals surface area contributed by atoms with Crippen LogP contribution in [0.4, 0.5) is 5.69 Å². The molecule has 5 aromatic carbocycles. The normalized spacial score (nSPS) is 13.5. The lowest BCUT2D eigenvalue weighted by Gasteiger charge is -2.15. The van der Waals surface area contributed by atoms with Crippen molar-refractivity contribution in [2.24, 2.45) is 0 Å². The molecule has 5 heteroatoms. The number of furan rings is 1. The standard InChI is InChI=1S/C32H18N2O3/c35-31-23-9-1-2-10-24(23)32(36)34(31)20-15-13-19(14-16-20)33-27-11-5-3-7-21(27)25-17-26-22-8-4-6-12-29(22)37-30(26)18-28(25)33/h1-18H. The number of hydrogen-bond acceptors (Lipinski definition) is 3. The molecule has 0 atom stereocenters. The smallest absolute Gasteiger partial charge is 0.266 e. The minimum absolute atomic E-state index is 0.294. The second-order valence-corrected chi connectivity index (χ2v) is 9.32. The number of aromatic nitrogens is 1. The lowest BCUT2D eigenvalue weighted by Crippen LogP contribution is -2.29. The number of amides is 2.